The van der Waals surface area contributed by atoms with Crippen LogP contribution in [0.5, 0.6) is 0 Å². The Morgan fingerprint density at radius 2 is 1.79 bits per heavy atom. The molecule has 3 N–H and O–H groups in total. The molecule has 3 aromatic rings. The van der Waals surface area contributed by atoms with E-state index in [1.165, 1.54) is 11.3 Å². The summed E-state index contributed by atoms with van der Waals surface area (Å²) in [7, 11) is 0. The van der Waals surface area contributed by atoms with Crippen molar-refractivity contribution in [3.63, 3.8) is 0 Å². The van der Waals surface area contributed by atoms with Crippen LogP contribution in [-0.2, 0) is 4.79 Å². The first-order valence-corrected chi connectivity index (χ1v) is 9.65. The zero-order valence-electron chi connectivity index (χ0n) is 15.1. The third kappa shape index (κ3) is 5.78. The number of benzene rings is 1. The molecule has 0 unspecified atom stereocenters. The van der Waals surface area contributed by atoms with Crippen molar-refractivity contribution in [3.8, 4) is 0 Å². The average Bonchev–Trinajstić information content (AvgIpc) is 3.25. The second-order valence-corrected chi connectivity index (χ2v) is 6.77. The van der Waals surface area contributed by atoms with Crippen LogP contribution in [0.25, 0.3) is 6.08 Å². The normalized spacial score (nSPS) is 10.9. The molecule has 2 heterocycles. The Morgan fingerprint density at radius 1 is 0.964 bits per heavy atom. The second-order valence-electron chi connectivity index (χ2n) is 5.79. The van der Waals surface area contributed by atoms with Crippen LogP contribution in [0.3, 0.4) is 0 Å². The van der Waals surface area contributed by atoms with Gasteiger partial charge in [-0.05, 0) is 41.8 Å². The van der Waals surface area contributed by atoms with Gasteiger partial charge in [-0.2, -0.15) is 0 Å². The number of amides is 2. The lowest BCUT2D eigenvalue weighted by atomic mass is 10.2. The highest BCUT2D eigenvalue weighted by Crippen LogP contribution is 2.13. The van der Waals surface area contributed by atoms with E-state index in [0.717, 1.165) is 10.7 Å². The van der Waals surface area contributed by atoms with Crippen molar-refractivity contribution < 1.29 is 9.59 Å². The van der Waals surface area contributed by atoms with Gasteiger partial charge in [0.25, 0.3) is 11.8 Å². The third-order valence-electron chi connectivity index (χ3n) is 3.74. The summed E-state index contributed by atoms with van der Waals surface area (Å²) in [5, 5.41) is 10.6. The van der Waals surface area contributed by atoms with Gasteiger partial charge in [0.05, 0.1) is 0 Å². The summed E-state index contributed by atoms with van der Waals surface area (Å²) >= 11 is 1.49. The Morgan fingerprint density at radius 3 is 2.50 bits per heavy atom. The van der Waals surface area contributed by atoms with Crippen LogP contribution in [0, 0.1) is 0 Å². The number of aromatic nitrogens is 1. The molecule has 142 valence electrons. The standard InChI is InChI=1S/C21H20N4O2S/c26-20(16-7-2-1-3-8-16)25-18(15-17-9-6-14-28-17)21(27)24-13-12-23-19-10-4-5-11-22-19/h1-11,14-15H,12-13H2,(H,22,23)(H,24,27)(H,25,26)/b18-15-. The maximum Gasteiger partial charge on any atom is 0.267 e. The molecule has 0 radical (unpaired) electrons. The van der Waals surface area contributed by atoms with Gasteiger partial charge in [-0.3, -0.25) is 9.59 Å². The molecule has 0 aliphatic heterocycles. The minimum Gasteiger partial charge on any atom is -0.368 e. The molecular weight excluding hydrogens is 372 g/mol. The van der Waals surface area contributed by atoms with Gasteiger partial charge >= 0.3 is 0 Å². The van der Waals surface area contributed by atoms with Crippen LogP contribution < -0.4 is 16.0 Å². The Balaban J connectivity index is 1.61. The van der Waals surface area contributed by atoms with Gasteiger partial charge in [0.1, 0.15) is 11.5 Å². The SMILES string of the molecule is O=C(NCCNc1ccccn1)/C(=C/c1cccs1)NC(=O)c1ccccc1. The fourth-order valence-corrected chi connectivity index (χ4v) is 3.04. The summed E-state index contributed by atoms with van der Waals surface area (Å²) in [5.41, 5.74) is 0.693. The number of pyridine rings is 1. The average molecular weight is 392 g/mol. The van der Waals surface area contributed by atoms with Crippen molar-refractivity contribution >= 4 is 35.0 Å². The first kappa shape index (κ1) is 19.3. The predicted molar refractivity (Wildman–Crippen MR) is 112 cm³/mol. The van der Waals surface area contributed by atoms with Gasteiger partial charge in [0.2, 0.25) is 0 Å². The molecule has 0 atom stereocenters. The Labute approximate surface area is 167 Å². The smallest absolute Gasteiger partial charge is 0.267 e. The fourth-order valence-electron chi connectivity index (χ4n) is 2.39. The van der Waals surface area contributed by atoms with E-state index < -0.39 is 0 Å². The number of nitrogens with one attached hydrogen (secondary N) is 3. The zero-order chi connectivity index (χ0) is 19.6. The molecule has 6 nitrogen and oxygen atoms in total. The lowest BCUT2D eigenvalue weighted by Crippen LogP contribution is -2.36. The van der Waals surface area contributed by atoms with Crippen LogP contribution in [0.4, 0.5) is 5.82 Å². The molecule has 0 aliphatic rings. The van der Waals surface area contributed by atoms with Crippen LogP contribution >= 0.6 is 11.3 Å². The highest BCUT2D eigenvalue weighted by atomic mass is 32.1. The zero-order valence-corrected chi connectivity index (χ0v) is 15.9. The van der Waals surface area contributed by atoms with Crippen molar-refractivity contribution in [2.75, 3.05) is 18.4 Å². The lowest BCUT2D eigenvalue weighted by Gasteiger charge is -2.11. The van der Waals surface area contributed by atoms with E-state index in [0.29, 0.717) is 18.7 Å². The van der Waals surface area contributed by atoms with E-state index in [2.05, 4.69) is 20.9 Å². The van der Waals surface area contributed by atoms with Gasteiger partial charge in [-0.25, -0.2) is 4.98 Å². The molecule has 28 heavy (non-hydrogen) atoms. The predicted octanol–water partition coefficient (Wildman–Crippen LogP) is 3.14. The van der Waals surface area contributed by atoms with Crippen LogP contribution in [0.15, 0.2) is 77.9 Å². The van der Waals surface area contributed by atoms with Gasteiger partial charge in [-0.1, -0.05) is 30.3 Å². The van der Waals surface area contributed by atoms with Crippen LogP contribution in [0.1, 0.15) is 15.2 Å². The summed E-state index contributed by atoms with van der Waals surface area (Å²) < 4.78 is 0. The van der Waals surface area contributed by atoms with E-state index in [1.807, 2.05) is 41.8 Å². The maximum absolute atomic E-state index is 12.6. The number of carbonyl (C=O) groups excluding carboxylic acids is 2. The minimum absolute atomic E-state index is 0.203. The molecule has 0 saturated carbocycles. The van der Waals surface area contributed by atoms with E-state index >= 15 is 0 Å². The number of rotatable bonds is 8. The number of hydrogen-bond donors (Lipinski definition) is 3. The molecule has 0 bridgehead atoms. The van der Waals surface area contributed by atoms with Crippen LogP contribution in [-0.4, -0.2) is 29.9 Å². The highest BCUT2D eigenvalue weighted by Gasteiger charge is 2.14. The van der Waals surface area contributed by atoms with Crippen molar-refractivity contribution in [3.05, 3.63) is 88.4 Å². The third-order valence-corrected chi connectivity index (χ3v) is 4.56. The fraction of sp³-hybridized carbons (Fsp3) is 0.0952. The first-order chi connectivity index (χ1) is 13.7. The van der Waals surface area contributed by atoms with Gasteiger partial charge in [0, 0.05) is 29.7 Å². The summed E-state index contributed by atoms with van der Waals surface area (Å²) in [4.78, 5) is 30.1. The Bertz CT molecular complexity index is 926. The van der Waals surface area contributed by atoms with Crippen molar-refractivity contribution in [2.24, 2.45) is 0 Å². The molecule has 3 rings (SSSR count). The Kier molecular flexibility index (Phi) is 6.92. The molecule has 2 aromatic heterocycles. The largest absolute Gasteiger partial charge is 0.368 e. The van der Waals surface area contributed by atoms with Gasteiger partial charge in [0.15, 0.2) is 0 Å². The Hall–Kier alpha value is -3.45. The molecule has 2 amide bonds. The lowest BCUT2D eigenvalue weighted by molar-refractivity contribution is -0.117. The summed E-state index contributed by atoms with van der Waals surface area (Å²) in [6.45, 7) is 0.903. The topological polar surface area (TPSA) is 83.1 Å². The molecular formula is C21H20N4O2S. The van der Waals surface area contributed by atoms with E-state index in [1.54, 1.807) is 36.5 Å². The maximum atomic E-state index is 12.6. The monoisotopic (exact) mass is 392 g/mol. The molecule has 1 aromatic carbocycles. The summed E-state index contributed by atoms with van der Waals surface area (Å²) in [6, 6.07) is 18.1. The van der Waals surface area contributed by atoms with Crippen molar-refractivity contribution in [1.29, 1.82) is 0 Å². The molecule has 0 spiro atoms. The summed E-state index contributed by atoms with van der Waals surface area (Å²) in [6.07, 6.45) is 3.37. The van der Waals surface area contributed by atoms with E-state index in [4.69, 9.17) is 0 Å². The van der Waals surface area contributed by atoms with Crippen LogP contribution in [0.2, 0.25) is 0 Å². The number of thiophene rings is 1. The van der Waals surface area contributed by atoms with Crippen molar-refractivity contribution in [1.82, 2.24) is 15.6 Å². The van der Waals surface area contributed by atoms with E-state index in [-0.39, 0.29) is 17.5 Å². The van der Waals surface area contributed by atoms with Gasteiger partial charge in [-0.15, -0.1) is 11.3 Å². The number of nitrogens with zero attached hydrogens (tertiary/aromatic N) is 1. The van der Waals surface area contributed by atoms with E-state index in [9.17, 15) is 9.59 Å². The molecule has 0 saturated heterocycles. The number of hydrogen-bond acceptors (Lipinski definition) is 5. The summed E-state index contributed by atoms with van der Waals surface area (Å²) in [5.74, 6) is 0.0640. The second kappa shape index (κ2) is 10.0. The van der Waals surface area contributed by atoms with Gasteiger partial charge < -0.3 is 16.0 Å². The first-order valence-electron chi connectivity index (χ1n) is 8.77. The quantitative estimate of drug-likeness (QED) is 0.406. The number of anilines is 1. The minimum atomic E-state index is -0.347. The molecule has 0 aliphatic carbocycles. The molecule has 7 heteroatoms. The molecule has 0 fully saturated rings. The number of carbonyl (C=O) groups is 2. The highest BCUT2D eigenvalue weighted by molar-refractivity contribution is 7.10. The van der Waals surface area contributed by atoms with Crippen molar-refractivity contribution in [2.45, 2.75) is 0 Å².